The van der Waals surface area contributed by atoms with E-state index in [0.29, 0.717) is 0 Å². The number of rotatable bonds is 5. The number of carboxylic acids is 1. The molecule has 1 aromatic rings. The topological polar surface area (TPSA) is 93.5 Å². The molecule has 22 heavy (non-hydrogen) atoms. The molecule has 0 aromatic carbocycles. The Hall–Kier alpha value is -2.05. The molecular weight excluding hydrogens is 286 g/mol. The molecule has 1 atom stereocenters. The molecule has 2 N–H and O–H groups in total. The molecule has 1 aliphatic carbocycles. The van der Waals surface area contributed by atoms with Crippen LogP contribution in [0.15, 0.2) is 12.3 Å². The van der Waals surface area contributed by atoms with Crippen LogP contribution < -0.4 is 5.32 Å². The second-order valence-electron chi connectivity index (χ2n) is 6.83. The molecule has 0 aliphatic heterocycles. The van der Waals surface area contributed by atoms with Gasteiger partial charge in [0.1, 0.15) is 5.60 Å². The average Bonchev–Trinajstić information content (AvgIpc) is 3.11. The quantitative estimate of drug-likeness (QED) is 0.867. The van der Waals surface area contributed by atoms with Crippen molar-refractivity contribution in [2.24, 2.45) is 5.92 Å². The van der Waals surface area contributed by atoms with Crippen molar-refractivity contribution < 1.29 is 19.4 Å². The van der Waals surface area contributed by atoms with Crippen LogP contribution in [0.4, 0.5) is 4.79 Å². The van der Waals surface area contributed by atoms with E-state index in [-0.39, 0.29) is 12.5 Å². The van der Waals surface area contributed by atoms with E-state index >= 15 is 0 Å². The van der Waals surface area contributed by atoms with E-state index in [0.717, 1.165) is 18.5 Å². The summed E-state index contributed by atoms with van der Waals surface area (Å²) in [5, 5.41) is 16.6. The standard InChI is InChI=1S/C15H23N3O4/c1-10-7-8-18(17-10)9-15(12(19)20,11-5-6-11)16-13(21)22-14(2,3)4/h7-8,11H,5-6,9H2,1-4H3,(H,16,21)(H,19,20). The van der Waals surface area contributed by atoms with Gasteiger partial charge in [0, 0.05) is 6.20 Å². The van der Waals surface area contributed by atoms with Crippen LogP contribution in [0.5, 0.6) is 0 Å². The first-order valence-electron chi connectivity index (χ1n) is 7.37. The van der Waals surface area contributed by atoms with Crippen molar-refractivity contribution in [3.8, 4) is 0 Å². The zero-order valence-corrected chi connectivity index (χ0v) is 13.4. The summed E-state index contributed by atoms with van der Waals surface area (Å²) in [4.78, 5) is 24.0. The van der Waals surface area contributed by atoms with Gasteiger partial charge in [-0.05, 0) is 52.5 Å². The molecule has 0 bridgehead atoms. The van der Waals surface area contributed by atoms with E-state index in [2.05, 4.69) is 10.4 Å². The Kier molecular flexibility index (Phi) is 4.17. The molecule has 122 valence electrons. The number of alkyl carbamates (subject to hydrolysis) is 1. The zero-order chi connectivity index (χ0) is 16.5. The fourth-order valence-electron chi connectivity index (χ4n) is 2.44. The minimum Gasteiger partial charge on any atom is -0.479 e. The number of carbonyl (C=O) groups excluding carboxylic acids is 1. The van der Waals surface area contributed by atoms with E-state index in [1.165, 1.54) is 0 Å². The van der Waals surface area contributed by atoms with Crippen molar-refractivity contribution in [1.29, 1.82) is 0 Å². The first-order valence-corrected chi connectivity index (χ1v) is 7.37. The van der Waals surface area contributed by atoms with Gasteiger partial charge in [0.05, 0.1) is 12.2 Å². The van der Waals surface area contributed by atoms with E-state index in [1.54, 1.807) is 37.7 Å². The summed E-state index contributed by atoms with van der Waals surface area (Å²) in [6.45, 7) is 7.13. The van der Waals surface area contributed by atoms with Crippen LogP contribution in [0.25, 0.3) is 0 Å². The molecule has 1 aromatic heterocycles. The van der Waals surface area contributed by atoms with Gasteiger partial charge in [-0.3, -0.25) is 4.68 Å². The van der Waals surface area contributed by atoms with Gasteiger partial charge in [-0.2, -0.15) is 5.10 Å². The fraction of sp³-hybridized carbons (Fsp3) is 0.667. The number of carboxylic acid groups (broad SMARTS) is 1. The van der Waals surface area contributed by atoms with Crippen molar-refractivity contribution in [3.05, 3.63) is 18.0 Å². The molecule has 1 fully saturated rings. The number of nitrogens with zero attached hydrogens (tertiary/aromatic N) is 2. The maximum Gasteiger partial charge on any atom is 0.408 e. The zero-order valence-electron chi connectivity index (χ0n) is 13.4. The minimum absolute atomic E-state index is 0.0834. The van der Waals surface area contributed by atoms with Gasteiger partial charge in [0.2, 0.25) is 0 Å². The van der Waals surface area contributed by atoms with Gasteiger partial charge in [-0.1, -0.05) is 0 Å². The SMILES string of the molecule is Cc1ccn(CC(NC(=O)OC(C)(C)C)(C(=O)O)C2CC2)n1. The average molecular weight is 309 g/mol. The summed E-state index contributed by atoms with van der Waals surface area (Å²) in [7, 11) is 0. The molecule has 2 rings (SSSR count). The Balaban J connectivity index is 2.21. The normalized spacial score (nSPS) is 17.6. The van der Waals surface area contributed by atoms with Crippen molar-refractivity contribution in [2.75, 3.05) is 0 Å². The monoisotopic (exact) mass is 309 g/mol. The Bertz CT molecular complexity index is 572. The summed E-state index contributed by atoms with van der Waals surface area (Å²) in [5.41, 5.74) is -1.27. The van der Waals surface area contributed by atoms with Gasteiger partial charge in [0.15, 0.2) is 5.54 Å². The highest BCUT2D eigenvalue weighted by Crippen LogP contribution is 2.41. The molecular formula is C15H23N3O4. The minimum atomic E-state index is -1.39. The molecule has 0 saturated heterocycles. The largest absolute Gasteiger partial charge is 0.479 e. The van der Waals surface area contributed by atoms with Crippen LogP contribution in [-0.2, 0) is 16.1 Å². The van der Waals surface area contributed by atoms with Crippen LogP contribution >= 0.6 is 0 Å². The first-order chi connectivity index (χ1) is 10.1. The van der Waals surface area contributed by atoms with Crippen LogP contribution in [0.3, 0.4) is 0 Å². The molecule has 7 heteroatoms. The van der Waals surface area contributed by atoms with Gasteiger partial charge in [-0.25, -0.2) is 9.59 Å². The Morgan fingerprint density at radius 1 is 1.45 bits per heavy atom. The highest BCUT2D eigenvalue weighted by atomic mass is 16.6. The maximum atomic E-state index is 12.1. The van der Waals surface area contributed by atoms with Gasteiger partial charge >= 0.3 is 12.1 Å². The van der Waals surface area contributed by atoms with E-state index < -0.39 is 23.2 Å². The second-order valence-corrected chi connectivity index (χ2v) is 6.83. The number of nitrogens with one attached hydrogen (secondary N) is 1. The molecule has 1 saturated carbocycles. The van der Waals surface area contributed by atoms with Crippen LogP contribution in [0.1, 0.15) is 39.3 Å². The molecule has 1 aliphatic rings. The third kappa shape index (κ3) is 3.78. The molecule has 0 spiro atoms. The molecule has 1 unspecified atom stereocenters. The van der Waals surface area contributed by atoms with Crippen LogP contribution in [0.2, 0.25) is 0 Å². The Morgan fingerprint density at radius 2 is 2.09 bits per heavy atom. The fourth-order valence-corrected chi connectivity index (χ4v) is 2.44. The smallest absolute Gasteiger partial charge is 0.408 e. The Labute approximate surface area is 129 Å². The highest BCUT2D eigenvalue weighted by molar-refractivity contribution is 5.85. The molecule has 1 amide bonds. The molecule has 7 nitrogen and oxygen atoms in total. The number of aliphatic carboxylic acids is 1. The summed E-state index contributed by atoms with van der Waals surface area (Å²) in [6, 6.07) is 1.80. The van der Waals surface area contributed by atoms with E-state index in [9.17, 15) is 14.7 Å². The lowest BCUT2D eigenvalue weighted by Crippen LogP contribution is -2.59. The van der Waals surface area contributed by atoms with Gasteiger partial charge in [0.25, 0.3) is 0 Å². The number of aromatic nitrogens is 2. The molecule has 0 radical (unpaired) electrons. The number of carbonyl (C=O) groups is 2. The van der Waals surface area contributed by atoms with Crippen molar-refractivity contribution in [3.63, 3.8) is 0 Å². The maximum absolute atomic E-state index is 12.1. The number of ether oxygens (including phenoxy) is 1. The Morgan fingerprint density at radius 3 is 2.50 bits per heavy atom. The summed E-state index contributed by atoms with van der Waals surface area (Å²) in [5.74, 6) is -1.17. The number of aryl methyl sites for hydroxylation is 1. The third-order valence-electron chi connectivity index (χ3n) is 3.57. The second kappa shape index (κ2) is 5.62. The third-order valence-corrected chi connectivity index (χ3v) is 3.57. The van der Waals surface area contributed by atoms with Crippen molar-refractivity contribution in [2.45, 2.75) is 58.2 Å². The lowest BCUT2D eigenvalue weighted by Gasteiger charge is -2.31. The molecule has 1 heterocycles. The summed E-state index contributed by atoms with van der Waals surface area (Å²) < 4.78 is 6.78. The number of amides is 1. The first kappa shape index (κ1) is 16.3. The predicted octanol–water partition coefficient (Wildman–Crippen LogP) is 1.95. The van der Waals surface area contributed by atoms with E-state index in [4.69, 9.17) is 4.74 Å². The summed E-state index contributed by atoms with van der Waals surface area (Å²) >= 11 is 0. The number of hydrogen-bond donors (Lipinski definition) is 2. The lowest BCUT2D eigenvalue weighted by atomic mass is 9.93. The lowest BCUT2D eigenvalue weighted by molar-refractivity contribution is -0.146. The van der Waals surface area contributed by atoms with Crippen LogP contribution in [0, 0.1) is 12.8 Å². The predicted molar refractivity (Wildman–Crippen MR) is 79.4 cm³/mol. The van der Waals surface area contributed by atoms with E-state index in [1.807, 2.05) is 6.92 Å². The summed E-state index contributed by atoms with van der Waals surface area (Å²) in [6.07, 6.45) is 2.53. The highest BCUT2D eigenvalue weighted by Gasteiger charge is 2.53. The van der Waals surface area contributed by atoms with Gasteiger partial charge < -0.3 is 15.2 Å². The van der Waals surface area contributed by atoms with Crippen LogP contribution in [-0.4, -0.2) is 38.1 Å². The van der Waals surface area contributed by atoms with Crippen molar-refractivity contribution in [1.82, 2.24) is 15.1 Å². The number of hydrogen-bond acceptors (Lipinski definition) is 4. The van der Waals surface area contributed by atoms with Gasteiger partial charge in [-0.15, -0.1) is 0 Å². The van der Waals surface area contributed by atoms with Crippen molar-refractivity contribution >= 4 is 12.1 Å².